The molecule has 0 aromatic carbocycles. The zero-order chi connectivity index (χ0) is 10.4. The van der Waals surface area contributed by atoms with Crippen LogP contribution >= 0.6 is 11.6 Å². The van der Waals surface area contributed by atoms with Crippen molar-refractivity contribution in [2.75, 3.05) is 13.2 Å². The van der Waals surface area contributed by atoms with Crippen molar-refractivity contribution >= 4 is 11.6 Å². The number of alkyl halides is 3. The van der Waals surface area contributed by atoms with Crippen LogP contribution in [0.3, 0.4) is 0 Å². The van der Waals surface area contributed by atoms with Gasteiger partial charge in [0.25, 0.3) is 6.43 Å². The monoisotopic (exact) mass is 226 g/mol. The maximum Gasteiger partial charge on any atom is 0.261 e. The average Bonchev–Trinajstić information content (AvgIpc) is 2.60. The molecule has 0 aliphatic rings. The molecule has 80 valence electrons. The van der Waals surface area contributed by atoms with Gasteiger partial charge in [-0.25, -0.2) is 8.78 Å². The van der Waals surface area contributed by atoms with Crippen LogP contribution in [0.25, 0.3) is 0 Å². The number of nitrogens with zero attached hydrogens (tertiary/aromatic N) is 2. The molecule has 1 rings (SSSR count). The van der Waals surface area contributed by atoms with Crippen LogP contribution in [0.2, 0.25) is 0 Å². The summed E-state index contributed by atoms with van der Waals surface area (Å²) in [5.41, 5.74) is 0. The van der Waals surface area contributed by atoms with Crippen molar-refractivity contribution in [1.82, 2.24) is 10.1 Å². The second-order valence-electron chi connectivity index (χ2n) is 2.45. The van der Waals surface area contributed by atoms with Crippen molar-refractivity contribution in [1.29, 1.82) is 0 Å². The second-order valence-corrected chi connectivity index (χ2v) is 2.72. The first-order valence-corrected chi connectivity index (χ1v) is 4.49. The molecule has 0 spiro atoms. The average molecular weight is 227 g/mol. The molecule has 0 bridgehead atoms. The molecule has 0 radical (unpaired) electrons. The molecule has 4 nitrogen and oxygen atoms in total. The Morgan fingerprint density at radius 1 is 1.50 bits per heavy atom. The van der Waals surface area contributed by atoms with Crippen LogP contribution in [-0.4, -0.2) is 29.8 Å². The van der Waals surface area contributed by atoms with E-state index in [0.717, 1.165) is 0 Å². The Hall–Kier alpha value is -0.750. The molecule has 1 aromatic rings. The van der Waals surface area contributed by atoms with E-state index in [1.54, 1.807) is 0 Å². The standard InChI is InChI=1S/C7H9ClF2N2O2/c8-3-6-11-7(14-12-6)1-2-13-4-5(9)10/h5H,1-4H2. The summed E-state index contributed by atoms with van der Waals surface area (Å²) in [5, 5.41) is 3.53. The first-order valence-electron chi connectivity index (χ1n) is 3.95. The Balaban J connectivity index is 2.18. The van der Waals surface area contributed by atoms with Crippen molar-refractivity contribution < 1.29 is 18.0 Å². The molecule has 0 amide bonds. The van der Waals surface area contributed by atoms with E-state index in [0.29, 0.717) is 18.1 Å². The molecule has 0 aliphatic carbocycles. The van der Waals surface area contributed by atoms with Gasteiger partial charge in [0, 0.05) is 0 Å². The van der Waals surface area contributed by atoms with Gasteiger partial charge in [-0.05, 0) is 0 Å². The smallest absolute Gasteiger partial charge is 0.261 e. The Labute approximate surface area is 84.2 Å². The molecule has 0 fully saturated rings. The summed E-state index contributed by atoms with van der Waals surface area (Å²) >= 11 is 5.43. The topological polar surface area (TPSA) is 48.2 Å². The third-order valence-electron chi connectivity index (χ3n) is 1.33. The number of rotatable bonds is 6. The third-order valence-corrected chi connectivity index (χ3v) is 1.57. The van der Waals surface area contributed by atoms with Gasteiger partial charge in [-0.2, -0.15) is 4.98 Å². The van der Waals surface area contributed by atoms with E-state index in [1.807, 2.05) is 0 Å². The molecule has 0 saturated carbocycles. The van der Waals surface area contributed by atoms with Crippen LogP contribution in [0.5, 0.6) is 0 Å². The van der Waals surface area contributed by atoms with Gasteiger partial charge in [0.2, 0.25) is 5.89 Å². The third kappa shape index (κ3) is 3.97. The van der Waals surface area contributed by atoms with Crippen molar-refractivity contribution in [3.63, 3.8) is 0 Å². The summed E-state index contributed by atoms with van der Waals surface area (Å²) < 4.78 is 32.6. The lowest BCUT2D eigenvalue weighted by Gasteiger charge is -1.99. The Morgan fingerprint density at radius 3 is 2.86 bits per heavy atom. The lowest BCUT2D eigenvalue weighted by Crippen LogP contribution is -2.07. The van der Waals surface area contributed by atoms with Gasteiger partial charge in [0.05, 0.1) is 18.9 Å². The van der Waals surface area contributed by atoms with Crippen LogP contribution in [0, 0.1) is 0 Å². The van der Waals surface area contributed by atoms with E-state index in [-0.39, 0.29) is 12.5 Å². The molecule has 0 unspecified atom stereocenters. The minimum absolute atomic E-state index is 0.133. The fourth-order valence-corrected chi connectivity index (χ4v) is 0.886. The zero-order valence-corrected chi connectivity index (χ0v) is 8.01. The van der Waals surface area contributed by atoms with Crippen LogP contribution in [0.4, 0.5) is 8.78 Å². The second kappa shape index (κ2) is 5.87. The van der Waals surface area contributed by atoms with Gasteiger partial charge in [-0.15, -0.1) is 11.6 Å². The predicted molar refractivity (Wildman–Crippen MR) is 44.4 cm³/mol. The highest BCUT2D eigenvalue weighted by atomic mass is 35.5. The molecular weight excluding hydrogens is 218 g/mol. The molecule has 14 heavy (non-hydrogen) atoms. The minimum Gasteiger partial charge on any atom is -0.375 e. The molecule has 1 aromatic heterocycles. The number of hydrogen-bond acceptors (Lipinski definition) is 4. The van der Waals surface area contributed by atoms with Gasteiger partial charge in [-0.1, -0.05) is 5.16 Å². The van der Waals surface area contributed by atoms with E-state index in [9.17, 15) is 8.78 Å². The van der Waals surface area contributed by atoms with Crippen LogP contribution in [-0.2, 0) is 17.0 Å². The number of hydrogen-bond donors (Lipinski definition) is 0. The SMILES string of the molecule is FC(F)COCCc1nc(CCl)no1. The number of aromatic nitrogens is 2. The summed E-state index contributed by atoms with van der Waals surface area (Å²) in [7, 11) is 0. The molecule has 0 atom stereocenters. The van der Waals surface area contributed by atoms with Crippen LogP contribution in [0.15, 0.2) is 4.52 Å². The summed E-state index contributed by atoms with van der Waals surface area (Å²) in [6.07, 6.45) is -2.13. The van der Waals surface area contributed by atoms with E-state index in [4.69, 9.17) is 16.1 Å². The van der Waals surface area contributed by atoms with E-state index in [2.05, 4.69) is 14.9 Å². The highest BCUT2D eigenvalue weighted by Crippen LogP contribution is 2.01. The molecule has 0 aliphatic heterocycles. The van der Waals surface area contributed by atoms with Crippen molar-refractivity contribution in [3.8, 4) is 0 Å². The Bertz CT molecular complexity index is 270. The van der Waals surface area contributed by atoms with Crippen LogP contribution in [0.1, 0.15) is 11.7 Å². The molecular formula is C7H9ClF2N2O2. The normalized spacial score (nSPS) is 11.1. The van der Waals surface area contributed by atoms with E-state index >= 15 is 0 Å². The fraction of sp³-hybridized carbons (Fsp3) is 0.714. The van der Waals surface area contributed by atoms with Gasteiger partial charge in [0.1, 0.15) is 6.61 Å². The maximum absolute atomic E-state index is 11.6. The molecule has 0 saturated heterocycles. The van der Waals surface area contributed by atoms with Gasteiger partial charge in [0.15, 0.2) is 5.82 Å². The number of ether oxygens (including phenoxy) is 1. The lowest BCUT2D eigenvalue weighted by molar-refractivity contribution is 0.0171. The highest BCUT2D eigenvalue weighted by molar-refractivity contribution is 6.16. The summed E-state index contributed by atoms with van der Waals surface area (Å²) in [5.74, 6) is 0.895. The van der Waals surface area contributed by atoms with Gasteiger partial charge >= 0.3 is 0 Å². The van der Waals surface area contributed by atoms with Gasteiger partial charge < -0.3 is 9.26 Å². The van der Waals surface area contributed by atoms with E-state index in [1.165, 1.54) is 0 Å². The van der Waals surface area contributed by atoms with Crippen LogP contribution < -0.4 is 0 Å². The van der Waals surface area contributed by atoms with Crippen molar-refractivity contribution in [2.45, 2.75) is 18.7 Å². The molecule has 1 heterocycles. The fourth-order valence-electron chi connectivity index (χ4n) is 0.778. The highest BCUT2D eigenvalue weighted by Gasteiger charge is 2.06. The Morgan fingerprint density at radius 2 is 2.29 bits per heavy atom. The lowest BCUT2D eigenvalue weighted by atomic mass is 10.4. The predicted octanol–water partition coefficient (Wildman–Crippen LogP) is 1.63. The Kier molecular flexibility index (Phi) is 4.75. The quantitative estimate of drug-likeness (QED) is 0.547. The largest absolute Gasteiger partial charge is 0.375 e. The first-order chi connectivity index (χ1) is 6.72. The van der Waals surface area contributed by atoms with E-state index < -0.39 is 13.0 Å². The maximum atomic E-state index is 11.6. The van der Waals surface area contributed by atoms with Crippen molar-refractivity contribution in [3.05, 3.63) is 11.7 Å². The summed E-state index contributed by atoms with van der Waals surface area (Å²) in [4.78, 5) is 3.87. The van der Waals surface area contributed by atoms with Gasteiger partial charge in [-0.3, -0.25) is 0 Å². The summed E-state index contributed by atoms with van der Waals surface area (Å²) in [6, 6.07) is 0. The molecule has 7 heteroatoms. The minimum atomic E-state index is -2.45. The zero-order valence-electron chi connectivity index (χ0n) is 7.25. The number of halogens is 3. The summed E-state index contributed by atoms with van der Waals surface area (Å²) in [6.45, 7) is -0.440. The molecule has 0 N–H and O–H groups in total. The van der Waals surface area contributed by atoms with Crippen molar-refractivity contribution in [2.24, 2.45) is 0 Å². The first kappa shape index (κ1) is 11.3.